The van der Waals surface area contributed by atoms with Crippen molar-refractivity contribution in [1.82, 2.24) is 4.90 Å². The Hall–Kier alpha value is -1.06. The van der Waals surface area contributed by atoms with Crippen molar-refractivity contribution < 1.29 is 9.84 Å². The van der Waals surface area contributed by atoms with Gasteiger partial charge in [0, 0.05) is 18.5 Å². The number of hydrogen-bond acceptors (Lipinski definition) is 3. The molecule has 19 heavy (non-hydrogen) atoms. The zero-order valence-electron chi connectivity index (χ0n) is 12.2. The Morgan fingerprint density at radius 3 is 2.84 bits per heavy atom. The molecule has 1 aliphatic rings. The summed E-state index contributed by atoms with van der Waals surface area (Å²) in [5, 5.41) is 10.2. The van der Waals surface area contributed by atoms with Gasteiger partial charge >= 0.3 is 0 Å². The first-order valence-corrected chi connectivity index (χ1v) is 7.18. The third-order valence-corrected chi connectivity index (χ3v) is 3.94. The van der Waals surface area contributed by atoms with Crippen LogP contribution >= 0.6 is 0 Å². The van der Waals surface area contributed by atoms with Gasteiger partial charge in [-0.05, 0) is 51.4 Å². The molecule has 1 aliphatic heterocycles. The zero-order chi connectivity index (χ0) is 13.8. The molecule has 0 aromatic heterocycles. The second kappa shape index (κ2) is 6.40. The predicted molar refractivity (Wildman–Crippen MR) is 77.5 cm³/mol. The molecule has 1 heterocycles. The number of likely N-dealkylation sites (tertiary alicyclic amines) is 1. The molecule has 1 saturated heterocycles. The SMILES string of the molecule is Cc1cccc(OCC(O)C2CCN(C(C)C)C2)c1. The highest BCUT2D eigenvalue weighted by Gasteiger charge is 2.29. The molecule has 2 rings (SSSR count). The number of aryl methyl sites for hydroxylation is 1. The monoisotopic (exact) mass is 263 g/mol. The topological polar surface area (TPSA) is 32.7 Å². The van der Waals surface area contributed by atoms with Crippen molar-refractivity contribution in [3.63, 3.8) is 0 Å². The number of benzene rings is 1. The third-order valence-electron chi connectivity index (χ3n) is 3.94. The highest BCUT2D eigenvalue weighted by atomic mass is 16.5. The maximum Gasteiger partial charge on any atom is 0.119 e. The average molecular weight is 263 g/mol. The summed E-state index contributed by atoms with van der Waals surface area (Å²) in [4.78, 5) is 2.42. The van der Waals surface area contributed by atoms with Crippen LogP contribution in [-0.4, -0.2) is 41.8 Å². The van der Waals surface area contributed by atoms with E-state index in [9.17, 15) is 5.11 Å². The van der Waals surface area contributed by atoms with Gasteiger partial charge in [-0.25, -0.2) is 0 Å². The van der Waals surface area contributed by atoms with Crippen LogP contribution < -0.4 is 4.74 Å². The Morgan fingerprint density at radius 2 is 2.21 bits per heavy atom. The van der Waals surface area contributed by atoms with Gasteiger partial charge in [0.2, 0.25) is 0 Å². The highest BCUT2D eigenvalue weighted by molar-refractivity contribution is 5.27. The Morgan fingerprint density at radius 1 is 1.42 bits per heavy atom. The molecule has 0 amide bonds. The van der Waals surface area contributed by atoms with Crippen LogP contribution in [0.3, 0.4) is 0 Å². The van der Waals surface area contributed by atoms with Crippen molar-refractivity contribution in [2.24, 2.45) is 5.92 Å². The van der Waals surface area contributed by atoms with Crippen LogP contribution in [-0.2, 0) is 0 Å². The van der Waals surface area contributed by atoms with Crippen LogP contribution in [0.25, 0.3) is 0 Å². The standard InChI is InChI=1S/C16H25NO2/c1-12(2)17-8-7-14(10-17)16(18)11-19-15-6-4-5-13(3)9-15/h4-6,9,12,14,16,18H,7-8,10-11H2,1-3H3. The van der Waals surface area contributed by atoms with Crippen molar-refractivity contribution >= 4 is 0 Å². The lowest BCUT2D eigenvalue weighted by molar-refractivity contribution is 0.0583. The first-order valence-electron chi connectivity index (χ1n) is 7.18. The molecule has 0 radical (unpaired) electrons. The minimum Gasteiger partial charge on any atom is -0.491 e. The Labute approximate surface area is 116 Å². The number of aliphatic hydroxyl groups is 1. The lowest BCUT2D eigenvalue weighted by atomic mass is 10.0. The minimum atomic E-state index is -0.371. The molecule has 0 spiro atoms. The molecule has 3 nitrogen and oxygen atoms in total. The van der Waals surface area contributed by atoms with E-state index in [-0.39, 0.29) is 6.10 Å². The Kier molecular flexibility index (Phi) is 4.83. The summed E-state index contributed by atoms with van der Waals surface area (Å²) in [7, 11) is 0. The molecule has 3 heteroatoms. The van der Waals surface area contributed by atoms with E-state index in [2.05, 4.69) is 18.7 Å². The van der Waals surface area contributed by atoms with Crippen molar-refractivity contribution in [3.8, 4) is 5.75 Å². The average Bonchev–Trinajstić information content (AvgIpc) is 2.86. The molecule has 1 fully saturated rings. The predicted octanol–water partition coefficient (Wildman–Crippen LogP) is 2.47. The van der Waals surface area contributed by atoms with Crippen molar-refractivity contribution in [2.45, 2.75) is 39.3 Å². The van der Waals surface area contributed by atoms with E-state index in [0.717, 1.165) is 25.3 Å². The van der Waals surface area contributed by atoms with Gasteiger partial charge in [0.05, 0.1) is 6.10 Å². The summed E-state index contributed by atoms with van der Waals surface area (Å²) >= 11 is 0. The molecule has 2 unspecified atom stereocenters. The van der Waals surface area contributed by atoms with Crippen LogP contribution in [0.15, 0.2) is 24.3 Å². The molecule has 1 N–H and O–H groups in total. The normalized spacial score (nSPS) is 21.8. The number of nitrogens with zero attached hydrogens (tertiary/aromatic N) is 1. The van der Waals surface area contributed by atoms with E-state index in [0.29, 0.717) is 18.6 Å². The highest BCUT2D eigenvalue weighted by Crippen LogP contribution is 2.22. The van der Waals surface area contributed by atoms with Crippen molar-refractivity contribution in [2.75, 3.05) is 19.7 Å². The minimum absolute atomic E-state index is 0.340. The van der Waals surface area contributed by atoms with Gasteiger partial charge in [-0.3, -0.25) is 0 Å². The number of rotatable bonds is 5. The van der Waals surface area contributed by atoms with E-state index < -0.39 is 0 Å². The van der Waals surface area contributed by atoms with E-state index in [1.807, 2.05) is 31.2 Å². The van der Waals surface area contributed by atoms with Gasteiger partial charge in [-0.2, -0.15) is 0 Å². The van der Waals surface area contributed by atoms with E-state index in [1.54, 1.807) is 0 Å². The summed E-state index contributed by atoms with van der Waals surface area (Å²) in [5.41, 5.74) is 1.18. The number of ether oxygens (including phenoxy) is 1. The second-order valence-electron chi connectivity index (χ2n) is 5.83. The van der Waals surface area contributed by atoms with Crippen molar-refractivity contribution in [1.29, 1.82) is 0 Å². The molecule has 0 aliphatic carbocycles. The van der Waals surface area contributed by atoms with Gasteiger partial charge in [0.1, 0.15) is 12.4 Å². The molecule has 0 bridgehead atoms. The van der Waals surface area contributed by atoms with Crippen LogP contribution in [0.1, 0.15) is 25.8 Å². The van der Waals surface area contributed by atoms with Crippen molar-refractivity contribution in [3.05, 3.63) is 29.8 Å². The van der Waals surface area contributed by atoms with Crippen LogP contribution in [0.2, 0.25) is 0 Å². The smallest absolute Gasteiger partial charge is 0.119 e. The van der Waals surface area contributed by atoms with E-state index in [4.69, 9.17) is 4.74 Å². The fraction of sp³-hybridized carbons (Fsp3) is 0.625. The van der Waals surface area contributed by atoms with E-state index >= 15 is 0 Å². The molecule has 1 aromatic rings. The number of aliphatic hydroxyl groups excluding tert-OH is 1. The summed E-state index contributed by atoms with van der Waals surface area (Å²) < 4.78 is 5.69. The molecule has 106 valence electrons. The quantitative estimate of drug-likeness (QED) is 0.886. The van der Waals surface area contributed by atoms with E-state index in [1.165, 1.54) is 5.56 Å². The fourth-order valence-electron chi connectivity index (χ4n) is 2.62. The summed E-state index contributed by atoms with van der Waals surface area (Å²) in [6, 6.07) is 8.53. The van der Waals surface area contributed by atoms with Crippen LogP contribution in [0.5, 0.6) is 5.75 Å². The molecule has 2 atom stereocenters. The first-order chi connectivity index (χ1) is 9.06. The van der Waals surface area contributed by atoms with Gasteiger partial charge in [-0.1, -0.05) is 12.1 Å². The lowest BCUT2D eigenvalue weighted by Gasteiger charge is -2.22. The summed E-state index contributed by atoms with van der Waals surface area (Å²) in [6.45, 7) is 8.91. The van der Waals surface area contributed by atoms with Gasteiger partial charge < -0.3 is 14.7 Å². The third kappa shape index (κ3) is 3.95. The number of hydrogen-bond donors (Lipinski definition) is 1. The van der Waals surface area contributed by atoms with Gasteiger partial charge in [0.25, 0.3) is 0 Å². The maximum atomic E-state index is 10.2. The van der Waals surface area contributed by atoms with Gasteiger partial charge in [0.15, 0.2) is 0 Å². The Balaban J connectivity index is 1.80. The first kappa shape index (κ1) is 14.4. The molecule has 0 saturated carbocycles. The second-order valence-corrected chi connectivity index (χ2v) is 5.83. The molecule has 1 aromatic carbocycles. The van der Waals surface area contributed by atoms with Crippen LogP contribution in [0.4, 0.5) is 0 Å². The fourth-order valence-corrected chi connectivity index (χ4v) is 2.62. The van der Waals surface area contributed by atoms with Gasteiger partial charge in [-0.15, -0.1) is 0 Å². The lowest BCUT2D eigenvalue weighted by Crippen LogP contribution is -2.33. The summed E-state index contributed by atoms with van der Waals surface area (Å²) in [6.07, 6.45) is 0.695. The Bertz CT molecular complexity index is 405. The zero-order valence-corrected chi connectivity index (χ0v) is 12.2. The largest absolute Gasteiger partial charge is 0.491 e. The van der Waals surface area contributed by atoms with Crippen LogP contribution in [0, 0.1) is 12.8 Å². The molecular weight excluding hydrogens is 238 g/mol. The summed E-state index contributed by atoms with van der Waals surface area (Å²) in [5.74, 6) is 1.19. The maximum absolute atomic E-state index is 10.2. The molecular formula is C16H25NO2.